The number of fused-ring (bicyclic) bond motifs is 1. The van der Waals surface area contributed by atoms with Crippen molar-refractivity contribution in [3.63, 3.8) is 0 Å². The van der Waals surface area contributed by atoms with E-state index in [1.54, 1.807) is 42.0 Å². The lowest BCUT2D eigenvalue weighted by molar-refractivity contribution is -0.129. The fourth-order valence-corrected chi connectivity index (χ4v) is 6.13. The van der Waals surface area contributed by atoms with Crippen molar-refractivity contribution in [2.45, 2.75) is 91.1 Å². The van der Waals surface area contributed by atoms with E-state index in [1.165, 1.54) is 4.90 Å². The smallest absolute Gasteiger partial charge is 0.414 e. The van der Waals surface area contributed by atoms with Crippen molar-refractivity contribution in [3.8, 4) is 17.3 Å². The van der Waals surface area contributed by atoms with Crippen LogP contribution in [0.4, 0.5) is 22.2 Å². The van der Waals surface area contributed by atoms with Crippen molar-refractivity contribution >= 4 is 37.8 Å². The number of aryl methyl sites for hydroxylation is 1. The molecular formula is C34H48N8O4Si-. The molecule has 4 rings (SSSR count). The van der Waals surface area contributed by atoms with Gasteiger partial charge < -0.3 is 19.4 Å². The normalized spacial score (nSPS) is 16.4. The number of amides is 2. The number of ether oxygens (including phenoxy) is 1. The summed E-state index contributed by atoms with van der Waals surface area (Å²) in [6, 6.07) is 9.65. The molecule has 1 aliphatic heterocycles. The second-order valence-corrected chi connectivity index (χ2v) is 20.0. The van der Waals surface area contributed by atoms with Gasteiger partial charge in [-0.05, 0) is 59.8 Å². The molecule has 253 valence electrons. The number of nitrogens with one attached hydrogen (secondary N) is 1. The van der Waals surface area contributed by atoms with E-state index >= 15 is 0 Å². The second kappa shape index (κ2) is 12.7. The summed E-state index contributed by atoms with van der Waals surface area (Å²) < 4.78 is 14.1. The molecule has 0 saturated heterocycles. The largest absolute Gasteiger partial charge is 0.564 e. The minimum absolute atomic E-state index is 0.00661. The Labute approximate surface area is 279 Å². The van der Waals surface area contributed by atoms with Crippen LogP contribution in [-0.4, -0.2) is 77.8 Å². The summed E-state index contributed by atoms with van der Waals surface area (Å²) in [6.45, 7) is 21.1. The molecule has 0 radical (unpaired) electrons. The minimum Gasteiger partial charge on any atom is -0.564 e. The van der Waals surface area contributed by atoms with Gasteiger partial charge in [-0.25, -0.2) is 19.4 Å². The number of likely N-dealkylation sites (N-methyl/N-ethyl adjacent to an activating group) is 1. The number of carbonyl (C=O) groups excluding carboxylic acids is 2. The average Bonchev–Trinajstić information content (AvgIpc) is 3.46. The second-order valence-electron chi connectivity index (χ2n) is 15.2. The van der Waals surface area contributed by atoms with E-state index in [4.69, 9.17) is 14.1 Å². The Balaban J connectivity index is 1.77. The maximum Gasteiger partial charge on any atom is 0.414 e. The molecule has 13 heteroatoms. The zero-order valence-electron chi connectivity index (χ0n) is 29.8. The number of benzene rings is 1. The highest BCUT2D eigenvalue weighted by Crippen LogP contribution is 2.47. The minimum atomic E-state index is -2.15. The SMILES string of the molecule is Cc1cc(Nc2nccc(-c3cc(C#N)c4c(c3)[C@@](C)(CO[Si-](C)(C)C(C)(C)C)CN4C(=O)OC(C)(C)C)n2)n(CC(=O)N(C)C)n1. The van der Waals surface area contributed by atoms with Crippen LogP contribution in [0.15, 0.2) is 30.5 Å². The molecule has 2 amide bonds. The number of hydrogen-bond acceptors (Lipinski definition) is 9. The molecule has 1 aromatic carbocycles. The molecule has 3 heterocycles. The van der Waals surface area contributed by atoms with Gasteiger partial charge in [-0.15, -0.1) is 18.1 Å². The zero-order chi connectivity index (χ0) is 35.1. The lowest BCUT2D eigenvalue weighted by Crippen LogP contribution is -2.46. The molecular weight excluding hydrogens is 613 g/mol. The first-order chi connectivity index (χ1) is 21.6. The van der Waals surface area contributed by atoms with Gasteiger partial charge >= 0.3 is 6.09 Å². The van der Waals surface area contributed by atoms with Gasteiger partial charge in [0.1, 0.15) is 24.0 Å². The lowest BCUT2D eigenvalue weighted by atomic mass is 9.83. The number of rotatable bonds is 8. The maximum absolute atomic E-state index is 13.5. The number of nitriles is 1. The Morgan fingerprint density at radius 1 is 1.15 bits per heavy atom. The third-order valence-corrected chi connectivity index (χ3v) is 13.2. The van der Waals surface area contributed by atoms with Crippen molar-refractivity contribution in [1.82, 2.24) is 24.6 Å². The zero-order valence-corrected chi connectivity index (χ0v) is 30.8. The Morgan fingerprint density at radius 2 is 1.83 bits per heavy atom. The van der Waals surface area contributed by atoms with Crippen LogP contribution in [0, 0.1) is 18.3 Å². The van der Waals surface area contributed by atoms with Crippen LogP contribution >= 0.6 is 0 Å². The molecule has 3 aromatic rings. The molecule has 0 bridgehead atoms. The van der Waals surface area contributed by atoms with E-state index in [0.717, 1.165) is 11.3 Å². The number of anilines is 3. The highest BCUT2D eigenvalue weighted by Gasteiger charge is 2.45. The molecule has 47 heavy (non-hydrogen) atoms. The van der Waals surface area contributed by atoms with Gasteiger partial charge in [0.15, 0.2) is 0 Å². The molecule has 0 spiro atoms. The average molecular weight is 661 g/mol. The van der Waals surface area contributed by atoms with Crippen molar-refractivity contribution < 1.29 is 18.8 Å². The quantitative estimate of drug-likeness (QED) is 0.273. The summed E-state index contributed by atoms with van der Waals surface area (Å²) in [5.74, 6) is 0.776. The van der Waals surface area contributed by atoms with Crippen LogP contribution in [0.25, 0.3) is 11.3 Å². The van der Waals surface area contributed by atoms with Gasteiger partial charge in [0.2, 0.25) is 11.9 Å². The van der Waals surface area contributed by atoms with E-state index in [9.17, 15) is 14.9 Å². The maximum atomic E-state index is 13.5. The molecule has 1 atom stereocenters. The molecule has 12 nitrogen and oxygen atoms in total. The third kappa shape index (κ3) is 7.82. The summed E-state index contributed by atoms with van der Waals surface area (Å²) in [4.78, 5) is 38.2. The lowest BCUT2D eigenvalue weighted by Gasteiger charge is -2.50. The predicted molar refractivity (Wildman–Crippen MR) is 185 cm³/mol. The van der Waals surface area contributed by atoms with Crippen LogP contribution in [0.2, 0.25) is 18.1 Å². The monoisotopic (exact) mass is 660 g/mol. The first-order valence-corrected chi connectivity index (χ1v) is 18.6. The summed E-state index contributed by atoms with van der Waals surface area (Å²) in [6.07, 6.45) is 1.13. The van der Waals surface area contributed by atoms with Gasteiger partial charge in [0.25, 0.3) is 0 Å². The highest BCUT2D eigenvalue weighted by atomic mass is 28.4. The summed E-state index contributed by atoms with van der Waals surface area (Å²) in [7, 11) is 1.24. The van der Waals surface area contributed by atoms with E-state index in [1.807, 2.05) is 39.8 Å². The molecule has 1 aliphatic rings. The van der Waals surface area contributed by atoms with E-state index in [0.29, 0.717) is 47.4 Å². The Hall–Kier alpha value is -4.28. The Bertz CT molecular complexity index is 1710. The molecule has 1 N–H and O–H groups in total. The van der Waals surface area contributed by atoms with Crippen LogP contribution in [0.5, 0.6) is 0 Å². The Morgan fingerprint density at radius 3 is 2.43 bits per heavy atom. The van der Waals surface area contributed by atoms with Gasteiger partial charge in [-0.1, -0.05) is 27.7 Å². The van der Waals surface area contributed by atoms with Gasteiger partial charge in [0, 0.05) is 50.5 Å². The Kier molecular flexibility index (Phi) is 9.63. The van der Waals surface area contributed by atoms with Crippen LogP contribution in [-0.2, 0) is 25.9 Å². The number of nitrogens with zero attached hydrogens (tertiary/aromatic N) is 7. The van der Waals surface area contributed by atoms with Crippen LogP contribution in [0.1, 0.15) is 65.3 Å². The van der Waals surface area contributed by atoms with Crippen LogP contribution < -0.4 is 10.2 Å². The fraction of sp³-hybridized carbons (Fsp3) is 0.529. The molecule has 0 unspecified atom stereocenters. The van der Waals surface area contributed by atoms with Crippen molar-refractivity contribution in [2.75, 3.05) is 37.5 Å². The van der Waals surface area contributed by atoms with Crippen molar-refractivity contribution in [2.24, 2.45) is 0 Å². The van der Waals surface area contributed by atoms with E-state index < -0.39 is 25.4 Å². The first-order valence-electron chi connectivity index (χ1n) is 15.7. The van der Waals surface area contributed by atoms with Crippen molar-refractivity contribution in [1.29, 1.82) is 5.26 Å². The summed E-state index contributed by atoms with van der Waals surface area (Å²) >= 11 is 0. The fourth-order valence-electron chi connectivity index (χ4n) is 5.01. The highest BCUT2D eigenvalue weighted by molar-refractivity contribution is 6.74. The number of hydrogen-bond donors (Lipinski definition) is 1. The summed E-state index contributed by atoms with van der Waals surface area (Å²) in [5, 5.41) is 18.0. The number of carbonyl (C=O) groups is 2. The standard InChI is InChI=1S/C34H48N8O4Si/c1-22-15-27(42(39-22)19-28(43)40(9)10)38-30-36-14-13-26(37-30)23-16-24(18-35)29-25(17-23)34(8,21-45-47(11,12)33(5,6)7)20-41(29)31(44)46-32(2,3)4/h13-17H,19-21H2,1-12H3,(H,36,37,38)/q-1/t34-/m1/s1. The predicted octanol–water partition coefficient (Wildman–Crippen LogP) is 6.39. The van der Waals surface area contributed by atoms with Gasteiger partial charge in [0.05, 0.1) is 22.6 Å². The number of aromatic nitrogens is 4. The topological polar surface area (TPSA) is 138 Å². The first kappa shape index (κ1) is 35.6. The summed E-state index contributed by atoms with van der Waals surface area (Å²) in [5.41, 5.74) is 2.37. The third-order valence-electron chi connectivity index (χ3n) is 8.71. The van der Waals surface area contributed by atoms with Crippen molar-refractivity contribution in [3.05, 3.63) is 47.3 Å². The van der Waals surface area contributed by atoms with Crippen LogP contribution in [0.3, 0.4) is 0 Å². The molecule has 0 fully saturated rings. The molecule has 0 aliphatic carbocycles. The van der Waals surface area contributed by atoms with Gasteiger partial charge in [-0.2, -0.15) is 10.4 Å². The van der Waals surface area contributed by atoms with Gasteiger partial charge in [-0.3, -0.25) is 9.69 Å². The molecule has 0 saturated carbocycles. The molecule has 2 aromatic heterocycles. The van der Waals surface area contributed by atoms with E-state index in [-0.39, 0.29) is 17.5 Å². The van der Waals surface area contributed by atoms with E-state index in [2.05, 4.69) is 62.3 Å².